The number of hydrogen-bond acceptors (Lipinski definition) is 4. The molecule has 2 aromatic carbocycles. The van der Waals surface area contributed by atoms with Gasteiger partial charge in [0.15, 0.2) is 0 Å². The van der Waals surface area contributed by atoms with E-state index in [0.29, 0.717) is 5.69 Å². The standard InChI is InChI=1S/C22H19F3N4O3S/c23-22(24,25)17-5-1-2-7-19(17)33(31,32)29-11-15-16(12-29)20(15)28-21(30)27-18-6-3-4-13-10-26-9-8-14(13)18/h1-10,15-16,20H,11-12H2,(H2,27,28,30). The van der Waals surface area contributed by atoms with Crippen molar-refractivity contribution < 1.29 is 26.4 Å². The van der Waals surface area contributed by atoms with Crippen LogP contribution in [0.1, 0.15) is 5.56 Å². The molecular weight excluding hydrogens is 457 g/mol. The van der Waals surface area contributed by atoms with Crippen molar-refractivity contribution in [2.75, 3.05) is 18.4 Å². The molecule has 172 valence electrons. The van der Waals surface area contributed by atoms with Gasteiger partial charge in [0.1, 0.15) is 0 Å². The second-order valence-corrected chi connectivity index (χ2v) is 10.1. The largest absolute Gasteiger partial charge is 0.417 e. The highest BCUT2D eigenvalue weighted by Gasteiger charge is 2.59. The van der Waals surface area contributed by atoms with E-state index in [0.717, 1.165) is 33.3 Å². The van der Waals surface area contributed by atoms with Crippen LogP contribution in [-0.4, -0.2) is 42.9 Å². The van der Waals surface area contributed by atoms with E-state index in [2.05, 4.69) is 15.6 Å². The number of sulfonamides is 1. The lowest BCUT2D eigenvalue weighted by Gasteiger charge is -2.22. The number of rotatable bonds is 4. The molecule has 2 fully saturated rings. The summed E-state index contributed by atoms with van der Waals surface area (Å²) >= 11 is 0. The molecule has 1 aliphatic carbocycles. The summed E-state index contributed by atoms with van der Waals surface area (Å²) in [5, 5.41) is 7.36. The number of halogens is 3. The van der Waals surface area contributed by atoms with Gasteiger partial charge in [0.05, 0.1) is 16.1 Å². The third-order valence-corrected chi connectivity index (χ3v) is 8.09. The number of alkyl halides is 3. The van der Waals surface area contributed by atoms with Gasteiger partial charge in [0.25, 0.3) is 0 Å². The first-order valence-electron chi connectivity index (χ1n) is 10.2. The maximum atomic E-state index is 13.3. The molecular formula is C22H19F3N4O3S. The van der Waals surface area contributed by atoms with Crippen LogP contribution in [0, 0.1) is 11.8 Å². The Balaban J connectivity index is 1.24. The first kappa shape index (κ1) is 21.7. The minimum absolute atomic E-state index is 0.0596. The second kappa shape index (κ2) is 7.70. The number of hydrogen-bond donors (Lipinski definition) is 2. The van der Waals surface area contributed by atoms with Crippen molar-refractivity contribution in [3.05, 3.63) is 66.5 Å². The summed E-state index contributed by atoms with van der Waals surface area (Å²) in [7, 11) is -4.30. The number of urea groups is 1. The van der Waals surface area contributed by atoms with E-state index in [9.17, 15) is 26.4 Å². The number of amides is 2. The maximum absolute atomic E-state index is 13.3. The fraction of sp³-hybridized carbons (Fsp3) is 0.273. The molecule has 2 heterocycles. The van der Waals surface area contributed by atoms with Gasteiger partial charge in [-0.25, -0.2) is 13.2 Å². The molecule has 1 aromatic heterocycles. The van der Waals surface area contributed by atoms with E-state index < -0.39 is 32.7 Å². The topological polar surface area (TPSA) is 91.4 Å². The zero-order valence-corrected chi connectivity index (χ0v) is 17.9. The number of fused-ring (bicyclic) bond motifs is 2. The lowest BCUT2D eigenvalue weighted by molar-refractivity contribution is -0.139. The average Bonchev–Trinajstić information content (AvgIpc) is 3.20. The minimum Gasteiger partial charge on any atom is -0.334 e. The Hall–Kier alpha value is -3.18. The fourth-order valence-corrected chi connectivity index (χ4v) is 6.23. The third kappa shape index (κ3) is 3.91. The summed E-state index contributed by atoms with van der Waals surface area (Å²) < 4.78 is 66.7. The molecule has 5 rings (SSSR count). The Morgan fingerprint density at radius 2 is 1.76 bits per heavy atom. The fourth-order valence-electron chi connectivity index (χ4n) is 4.50. The summed E-state index contributed by atoms with van der Waals surface area (Å²) in [6, 6.07) is 10.8. The summed E-state index contributed by atoms with van der Waals surface area (Å²) in [5.74, 6) is -0.277. The predicted molar refractivity (Wildman–Crippen MR) is 115 cm³/mol. The second-order valence-electron chi connectivity index (χ2n) is 8.17. The number of carbonyl (C=O) groups excluding carboxylic acids is 1. The number of nitrogens with one attached hydrogen (secondary N) is 2. The number of piperidine rings is 1. The van der Waals surface area contributed by atoms with Gasteiger partial charge in [-0.15, -0.1) is 0 Å². The van der Waals surface area contributed by atoms with Crippen molar-refractivity contribution in [3.8, 4) is 0 Å². The van der Waals surface area contributed by atoms with E-state index >= 15 is 0 Å². The van der Waals surface area contributed by atoms with Crippen LogP contribution in [0.5, 0.6) is 0 Å². The molecule has 2 atom stereocenters. The van der Waals surface area contributed by atoms with E-state index in [1.54, 1.807) is 30.6 Å². The highest BCUT2D eigenvalue weighted by molar-refractivity contribution is 7.89. The number of anilines is 1. The number of benzene rings is 2. The lowest BCUT2D eigenvalue weighted by atomic mass is 10.1. The van der Waals surface area contributed by atoms with Crippen molar-refractivity contribution in [2.24, 2.45) is 11.8 Å². The molecule has 2 aliphatic rings. The van der Waals surface area contributed by atoms with Crippen LogP contribution in [0.25, 0.3) is 10.8 Å². The zero-order chi connectivity index (χ0) is 23.4. The van der Waals surface area contributed by atoms with Gasteiger partial charge in [0.2, 0.25) is 10.0 Å². The summed E-state index contributed by atoms with van der Waals surface area (Å²) in [5.41, 5.74) is -0.559. The molecule has 7 nitrogen and oxygen atoms in total. The van der Waals surface area contributed by atoms with Gasteiger partial charge >= 0.3 is 12.2 Å². The SMILES string of the molecule is O=C(Nc1cccc2cnccc12)NC1C2CN(S(=O)(=O)c3ccccc3C(F)(F)F)CC21. The molecule has 2 amide bonds. The first-order valence-corrected chi connectivity index (χ1v) is 11.7. The van der Waals surface area contributed by atoms with Gasteiger partial charge in [-0.05, 0) is 36.1 Å². The Labute approximate surface area is 187 Å². The van der Waals surface area contributed by atoms with Crippen molar-refractivity contribution in [1.82, 2.24) is 14.6 Å². The van der Waals surface area contributed by atoms with Gasteiger partial charge < -0.3 is 10.6 Å². The van der Waals surface area contributed by atoms with Crippen molar-refractivity contribution in [1.29, 1.82) is 0 Å². The lowest BCUT2D eigenvalue weighted by Crippen LogP contribution is -2.39. The molecule has 0 bridgehead atoms. The highest BCUT2D eigenvalue weighted by Crippen LogP contribution is 2.48. The van der Waals surface area contributed by atoms with Gasteiger partial charge in [-0.1, -0.05) is 24.3 Å². The van der Waals surface area contributed by atoms with Crippen LogP contribution in [0.4, 0.5) is 23.7 Å². The normalized spacial score (nSPS) is 22.7. The number of pyridine rings is 1. The van der Waals surface area contributed by atoms with Crippen LogP contribution < -0.4 is 10.6 Å². The molecule has 0 spiro atoms. The van der Waals surface area contributed by atoms with E-state index in [-0.39, 0.29) is 31.0 Å². The average molecular weight is 476 g/mol. The molecule has 1 saturated carbocycles. The molecule has 1 aliphatic heterocycles. The quantitative estimate of drug-likeness (QED) is 0.601. The van der Waals surface area contributed by atoms with Crippen LogP contribution in [-0.2, 0) is 16.2 Å². The van der Waals surface area contributed by atoms with Crippen LogP contribution in [0.3, 0.4) is 0 Å². The molecule has 11 heteroatoms. The third-order valence-electron chi connectivity index (χ3n) is 6.20. The van der Waals surface area contributed by atoms with Gasteiger partial charge in [0, 0.05) is 42.3 Å². The van der Waals surface area contributed by atoms with Crippen molar-refractivity contribution >= 4 is 32.5 Å². The molecule has 0 radical (unpaired) electrons. The molecule has 2 N–H and O–H groups in total. The molecule has 33 heavy (non-hydrogen) atoms. The Morgan fingerprint density at radius 1 is 1.03 bits per heavy atom. The van der Waals surface area contributed by atoms with Crippen LogP contribution in [0.2, 0.25) is 0 Å². The smallest absolute Gasteiger partial charge is 0.334 e. The van der Waals surface area contributed by atoms with Crippen molar-refractivity contribution in [3.63, 3.8) is 0 Å². The predicted octanol–water partition coefficient (Wildman–Crippen LogP) is 3.69. The van der Waals surface area contributed by atoms with E-state index in [1.165, 1.54) is 6.07 Å². The number of aromatic nitrogens is 1. The minimum atomic E-state index is -4.77. The number of carbonyl (C=O) groups is 1. The van der Waals surface area contributed by atoms with Crippen molar-refractivity contribution in [2.45, 2.75) is 17.1 Å². The number of nitrogens with zero attached hydrogens (tertiary/aromatic N) is 2. The Morgan fingerprint density at radius 3 is 2.48 bits per heavy atom. The zero-order valence-electron chi connectivity index (χ0n) is 17.1. The van der Waals surface area contributed by atoms with Gasteiger partial charge in [-0.3, -0.25) is 4.98 Å². The maximum Gasteiger partial charge on any atom is 0.417 e. The summed E-state index contributed by atoms with van der Waals surface area (Å²) in [6.45, 7) is 0.119. The molecule has 1 saturated heterocycles. The van der Waals surface area contributed by atoms with Crippen LogP contribution in [0.15, 0.2) is 65.8 Å². The Bertz CT molecular complexity index is 1330. The molecule has 3 aromatic rings. The summed E-state index contributed by atoms with van der Waals surface area (Å²) in [4.78, 5) is 15.8. The van der Waals surface area contributed by atoms with Crippen LogP contribution >= 0.6 is 0 Å². The molecule has 2 unspecified atom stereocenters. The van der Waals surface area contributed by atoms with Gasteiger partial charge in [-0.2, -0.15) is 17.5 Å². The Kier molecular flexibility index (Phi) is 5.05. The monoisotopic (exact) mass is 476 g/mol. The van der Waals surface area contributed by atoms with E-state index in [1.807, 2.05) is 6.07 Å². The first-order chi connectivity index (χ1) is 15.7. The summed E-state index contributed by atoms with van der Waals surface area (Å²) in [6.07, 6.45) is -1.45. The van der Waals surface area contributed by atoms with E-state index in [4.69, 9.17) is 0 Å². The highest BCUT2D eigenvalue weighted by atomic mass is 32.2.